The van der Waals surface area contributed by atoms with E-state index in [0.29, 0.717) is 63.1 Å². The summed E-state index contributed by atoms with van der Waals surface area (Å²) in [6.45, 7) is 11.1. The zero-order valence-corrected chi connectivity index (χ0v) is 41.3. The van der Waals surface area contributed by atoms with Crippen molar-refractivity contribution in [1.29, 1.82) is 0 Å². The molecule has 0 amide bonds. The summed E-state index contributed by atoms with van der Waals surface area (Å²) in [5.74, 6) is 1.64. The van der Waals surface area contributed by atoms with Gasteiger partial charge in [-0.1, -0.05) is 97.8 Å². The number of hydrogen-bond acceptors (Lipinski definition) is 16. The smallest absolute Gasteiger partial charge is 0.296 e. The largest absolute Gasteiger partial charge is 0.494 e. The lowest BCUT2D eigenvalue weighted by atomic mass is 10.0. The Labute approximate surface area is 407 Å². The van der Waals surface area contributed by atoms with Crippen molar-refractivity contribution in [3.63, 3.8) is 0 Å². The Morgan fingerprint density at radius 1 is 0.623 bits per heavy atom. The summed E-state index contributed by atoms with van der Waals surface area (Å²) < 4.78 is 47.5. The van der Waals surface area contributed by atoms with Crippen LogP contribution in [0.3, 0.4) is 0 Å². The first-order valence-electron chi connectivity index (χ1n) is 23.2. The number of thioether (sulfide) groups is 1. The van der Waals surface area contributed by atoms with Gasteiger partial charge in [0.1, 0.15) is 33.5 Å². The Balaban J connectivity index is 1.27. The molecule has 8 rings (SSSR count). The van der Waals surface area contributed by atoms with Crippen molar-refractivity contribution in [3.8, 4) is 11.5 Å². The number of nitrogens with one attached hydrogen (secondary N) is 2. The van der Waals surface area contributed by atoms with Crippen molar-refractivity contribution in [3.05, 3.63) is 103 Å². The number of benzene rings is 6. The van der Waals surface area contributed by atoms with E-state index in [2.05, 4.69) is 58.4 Å². The van der Waals surface area contributed by atoms with Crippen LogP contribution in [-0.2, 0) is 10.1 Å². The normalized spacial score (nSPS) is 13.4. The maximum absolute atomic E-state index is 12.7. The molecule has 1 fully saturated rings. The minimum atomic E-state index is -4.68. The zero-order valence-electron chi connectivity index (χ0n) is 39.7. The molecular weight excluding hydrogens is 911 g/mol. The molecule has 1 saturated carbocycles. The zero-order chi connectivity index (χ0) is 48.5. The molecule has 1 aromatic heterocycles. The second-order valence-electron chi connectivity index (χ2n) is 16.3. The van der Waals surface area contributed by atoms with Gasteiger partial charge < -0.3 is 29.9 Å². The van der Waals surface area contributed by atoms with E-state index >= 15 is 0 Å². The van der Waals surface area contributed by atoms with Gasteiger partial charge in [-0.3, -0.25) is 4.55 Å². The van der Waals surface area contributed by atoms with Crippen molar-refractivity contribution in [2.45, 2.75) is 75.1 Å². The highest BCUT2D eigenvalue weighted by Gasteiger charge is 2.23. The topological polar surface area (TPSA) is 191 Å². The quantitative estimate of drug-likeness (QED) is 0.0513. The molecule has 3 N–H and O–H groups in total. The molecule has 7 aromatic rings. The van der Waals surface area contributed by atoms with Crippen LogP contribution in [0.1, 0.15) is 59.8 Å². The molecule has 1 heterocycles. The Morgan fingerprint density at radius 2 is 1.13 bits per heavy atom. The SMILES string of the molecule is CCN(CC)c1cc(Nc2nc(Nc3cc(N(CC)CC)c(OC)cc3/N=N/c3c(S(=O)(=O)O)ccc4ccccc34)nc(SC3CCCCC3)n2)c(/N=N/c2cccc3ccccc23)cc1OC. The number of rotatable bonds is 19. The first-order valence-corrected chi connectivity index (χ1v) is 25.6. The van der Waals surface area contributed by atoms with Crippen molar-refractivity contribution in [1.82, 2.24) is 15.0 Å². The third-order valence-electron chi connectivity index (χ3n) is 12.2. The van der Waals surface area contributed by atoms with Gasteiger partial charge in [0.2, 0.25) is 11.9 Å². The van der Waals surface area contributed by atoms with Crippen molar-refractivity contribution in [2.24, 2.45) is 20.5 Å². The average molecular weight is 968 g/mol. The van der Waals surface area contributed by atoms with E-state index in [4.69, 9.17) is 34.7 Å². The van der Waals surface area contributed by atoms with Crippen LogP contribution in [0.2, 0.25) is 0 Å². The molecule has 16 nitrogen and oxygen atoms in total. The molecular formula is C51H57N11O5S2. The van der Waals surface area contributed by atoms with Gasteiger partial charge >= 0.3 is 0 Å². The molecule has 1 aliphatic rings. The van der Waals surface area contributed by atoms with E-state index in [1.165, 1.54) is 12.5 Å². The third-order valence-corrected chi connectivity index (χ3v) is 14.2. The molecule has 0 atom stereocenters. The molecule has 0 saturated heterocycles. The lowest BCUT2D eigenvalue weighted by Gasteiger charge is -2.25. The standard InChI is InChI=1S/C51H57N11O5S2/c1-7-61(8-2)43-29-39(41(31-45(43)66-5)58-57-38-26-18-21-33-19-14-16-24-36(33)38)52-49-54-50(56-51(55-49)68-35-22-12-11-13-23-35)53-40-30-44(62(9-3)10-4)46(67-6)32-42(40)59-60-48-37-25-17-15-20-34(37)27-28-47(48)69(63,64)65/h14-21,24-32,35H,7-13,22-23H2,1-6H3,(H,63,64,65)(H2,52,53,54,55,56)/b58-57+,60-59+. The fraction of sp³-hybridized carbons (Fsp3) is 0.314. The average Bonchev–Trinajstić information content (AvgIpc) is 3.36. The van der Waals surface area contributed by atoms with Crippen LogP contribution in [0.5, 0.6) is 11.5 Å². The minimum absolute atomic E-state index is 0.0110. The second kappa shape index (κ2) is 22.0. The van der Waals surface area contributed by atoms with E-state index in [-0.39, 0.29) is 22.5 Å². The highest BCUT2D eigenvalue weighted by Crippen LogP contribution is 2.44. The maximum atomic E-state index is 12.7. The first-order chi connectivity index (χ1) is 33.5. The number of ether oxygens (including phenoxy) is 2. The Hall–Kier alpha value is -6.89. The molecule has 0 spiro atoms. The Kier molecular flexibility index (Phi) is 15.5. The van der Waals surface area contributed by atoms with Crippen LogP contribution in [0.25, 0.3) is 21.5 Å². The minimum Gasteiger partial charge on any atom is -0.494 e. The Bertz CT molecular complexity index is 3120. The second-order valence-corrected chi connectivity index (χ2v) is 19.0. The van der Waals surface area contributed by atoms with Crippen molar-refractivity contribution >= 4 is 101 Å². The number of anilines is 6. The van der Waals surface area contributed by atoms with Gasteiger partial charge in [-0.25, -0.2) is 0 Å². The summed E-state index contributed by atoms with van der Waals surface area (Å²) in [5, 5.41) is 29.8. The van der Waals surface area contributed by atoms with Gasteiger partial charge in [0.25, 0.3) is 10.1 Å². The van der Waals surface area contributed by atoms with E-state index in [9.17, 15) is 13.0 Å². The molecule has 358 valence electrons. The fourth-order valence-electron chi connectivity index (χ4n) is 8.58. The number of azo groups is 2. The maximum Gasteiger partial charge on any atom is 0.296 e. The van der Waals surface area contributed by atoms with Crippen molar-refractivity contribution in [2.75, 3.05) is 60.8 Å². The number of aromatic nitrogens is 3. The third kappa shape index (κ3) is 11.2. The highest BCUT2D eigenvalue weighted by molar-refractivity contribution is 7.99. The molecule has 18 heteroatoms. The van der Waals surface area contributed by atoms with Crippen LogP contribution in [-0.4, -0.2) is 73.6 Å². The van der Waals surface area contributed by atoms with Crippen LogP contribution >= 0.6 is 11.8 Å². The first kappa shape index (κ1) is 48.6. The number of fused-ring (bicyclic) bond motifs is 2. The van der Waals surface area contributed by atoms with E-state index in [0.717, 1.165) is 72.0 Å². The van der Waals surface area contributed by atoms with Crippen LogP contribution in [0, 0.1) is 0 Å². The number of hydrogen-bond donors (Lipinski definition) is 3. The number of methoxy groups -OCH3 is 2. The van der Waals surface area contributed by atoms with E-state index < -0.39 is 10.1 Å². The predicted octanol–water partition coefficient (Wildman–Crippen LogP) is 13.9. The van der Waals surface area contributed by atoms with Crippen molar-refractivity contribution < 1.29 is 22.4 Å². The summed E-state index contributed by atoms with van der Waals surface area (Å²) in [6, 6.07) is 31.6. The molecule has 0 bridgehead atoms. The lowest BCUT2D eigenvalue weighted by molar-refractivity contribution is 0.414. The van der Waals surface area contributed by atoms with Gasteiger partial charge in [0.05, 0.1) is 42.7 Å². The summed E-state index contributed by atoms with van der Waals surface area (Å²) in [6.07, 6.45) is 5.55. The summed E-state index contributed by atoms with van der Waals surface area (Å²) in [4.78, 5) is 18.9. The van der Waals surface area contributed by atoms with Crippen LogP contribution in [0.15, 0.2) is 134 Å². The molecule has 1 aliphatic carbocycles. The van der Waals surface area contributed by atoms with Crippen LogP contribution in [0.4, 0.5) is 57.4 Å². The van der Waals surface area contributed by atoms with E-state index in [1.807, 2.05) is 72.8 Å². The van der Waals surface area contributed by atoms with Gasteiger partial charge in [0, 0.05) is 54.3 Å². The van der Waals surface area contributed by atoms with Gasteiger partial charge in [0.15, 0.2) is 5.16 Å². The monoisotopic (exact) mass is 967 g/mol. The van der Waals surface area contributed by atoms with E-state index in [1.54, 1.807) is 50.2 Å². The number of nitrogens with zero attached hydrogens (tertiary/aromatic N) is 9. The van der Waals surface area contributed by atoms with Gasteiger partial charge in [-0.15, -0.1) is 20.5 Å². The van der Waals surface area contributed by atoms with Crippen LogP contribution < -0.4 is 29.9 Å². The summed E-state index contributed by atoms with van der Waals surface area (Å²) in [5.41, 5.74) is 4.20. The molecule has 0 unspecified atom stereocenters. The molecule has 69 heavy (non-hydrogen) atoms. The Morgan fingerprint density at radius 3 is 1.68 bits per heavy atom. The summed E-state index contributed by atoms with van der Waals surface area (Å²) >= 11 is 1.62. The van der Waals surface area contributed by atoms with Gasteiger partial charge in [-0.05, 0) is 75.6 Å². The predicted molar refractivity (Wildman–Crippen MR) is 278 cm³/mol. The fourth-order valence-corrected chi connectivity index (χ4v) is 10.4. The van der Waals surface area contributed by atoms with Gasteiger partial charge in [-0.2, -0.15) is 23.4 Å². The molecule has 6 aromatic carbocycles. The lowest BCUT2D eigenvalue weighted by Crippen LogP contribution is -2.22. The highest BCUT2D eigenvalue weighted by atomic mass is 32.2. The summed E-state index contributed by atoms with van der Waals surface area (Å²) in [7, 11) is -1.45. The molecule has 0 radical (unpaired) electrons. The molecule has 0 aliphatic heterocycles.